The zero-order chi connectivity index (χ0) is 25.8. The van der Waals surface area contributed by atoms with Crippen LogP contribution in [0.2, 0.25) is 33.2 Å². The first-order chi connectivity index (χ1) is 15.8. The molecule has 0 aliphatic rings. The van der Waals surface area contributed by atoms with E-state index in [1.165, 1.54) is 10.8 Å². The van der Waals surface area contributed by atoms with Gasteiger partial charge < -0.3 is 0 Å². The van der Waals surface area contributed by atoms with E-state index in [0.717, 1.165) is 11.1 Å². The maximum Gasteiger partial charge on any atom is 0.146 e. The lowest BCUT2D eigenvalue weighted by Crippen LogP contribution is -2.43. The summed E-state index contributed by atoms with van der Waals surface area (Å²) < 4.78 is 0. The van der Waals surface area contributed by atoms with E-state index < -0.39 is 16.1 Å². The van der Waals surface area contributed by atoms with Crippen molar-refractivity contribution in [1.82, 2.24) is 0 Å². The molecule has 0 bridgehead atoms. The Balaban J connectivity index is 2.55. The molecule has 0 nitrogen and oxygen atoms in total. The Morgan fingerprint density at radius 1 is 0.441 bits per heavy atom. The van der Waals surface area contributed by atoms with Crippen molar-refractivity contribution in [3.8, 4) is 22.9 Å². The first-order valence-electron chi connectivity index (χ1n) is 13.4. The van der Waals surface area contributed by atoms with E-state index in [-0.39, 0.29) is 0 Å². The lowest BCUT2D eigenvalue weighted by atomic mass is 10.0. The van der Waals surface area contributed by atoms with Crippen molar-refractivity contribution in [3.63, 3.8) is 0 Å². The number of benzene rings is 2. The third-order valence-corrected chi connectivity index (χ3v) is 21.0. The van der Waals surface area contributed by atoms with Gasteiger partial charge in [-0.2, -0.15) is 0 Å². The Morgan fingerprint density at radius 2 is 0.735 bits per heavy atom. The fourth-order valence-corrected chi connectivity index (χ4v) is 17.1. The third kappa shape index (κ3) is 5.56. The van der Waals surface area contributed by atoms with Crippen molar-refractivity contribution in [2.75, 3.05) is 0 Å². The maximum atomic E-state index is 3.88. The van der Waals surface area contributed by atoms with Crippen LogP contribution < -0.4 is 0 Å². The third-order valence-electron chi connectivity index (χ3n) is 8.42. The van der Waals surface area contributed by atoms with Gasteiger partial charge in [-0.05, 0) is 68.3 Å². The molecule has 2 heteroatoms. The molecule has 0 heterocycles. The van der Waals surface area contributed by atoms with Gasteiger partial charge in [0.25, 0.3) is 0 Å². The molecule has 2 aromatic rings. The molecule has 0 N–H and O–H groups in total. The molecule has 0 aliphatic carbocycles. The predicted molar refractivity (Wildman–Crippen MR) is 160 cm³/mol. The average Bonchev–Trinajstić information content (AvgIpc) is 2.72. The van der Waals surface area contributed by atoms with E-state index in [1.807, 2.05) is 0 Å². The lowest BCUT2D eigenvalue weighted by molar-refractivity contribution is 0.838. The minimum atomic E-state index is -1.73. The molecular weight excluding hydrogens is 441 g/mol. The van der Waals surface area contributed by atoms with Gasteiger partial charge in [-0.1, -0.05) is 107 Å². The summed E-state index contributed by atoms with van der Waals surface area (Å²) >= 11 is 0. The molecule has 0 spiro atoms. The van der Waals surface area contributed by atoms with Crippen LogP contribution in [0.4, 0.5) is 0 Å². The van der Waals surface area contributed by atoms with Crippen LogP contribution in [0.25, 0.3) is 10.8 Å². The Morgan fingerprint density at radius 3 is 1.00 bits per heavy atom. The second kappa shape index (κ2) is 11.3. The van der Waals surface area contributed by atoms with Crippen LogP contribution in [-0.2, 0) is 0 Å². The normalized spacial score (nSPS) is 12.6. The van der Waals surface area contributed by atoms with Crippen molar-refractivity contribution in [2.24, 2.45) is 0 Å². The first-order valence-corrected chi connectivity index (χ1v) is 17.9. The average molecular weight is 489 g/mol. The number of fused-ring (bicyclic) bond motifs is 1. The van der Waals surface area contributed by atoms with Crippen LogP contribution in [0.5, 0.6) is 0 Å². The Kier molecular flexibility index (Phi) is 9.49. The van der Waals surface area contributed by atoms with E-state index in [4.69, 9.17) is 0 Å². The fourth-order valence-electron chi connectivity index (χ4n) is 6.63. The molecule has 0 saturated heterocycles. The Labute approximate surface area is 213 Å². The molecule has 0 unspecified atom stereocenters. The largest absolute Gasteiger partial charge is 0.146 e. The molecule has 0 aromatic heterocycles. The monoisotopic (exact) mass is 488 g/mol. The van der Waals surface area contributed by atoms with Crippen molar-refractivity contribution in [2.45, 2.75) is 116 Å². The quantitative estimate of drug-likeness (QED) is 0.280. The maximum absolute atomic E-state index is 3.88. The van der Waals surface area contributed by atoms with Gasteiger partial charge in [0.05, 0.1) is 0 Å². The van der Waals surface area contributed by atoms with Crippen LogP contribution in [0.1, 0.15) is 94.2 Å². The molecule has 0 aliphatic heterocycles. The summed E-state index contributed by atoms with van der Waals surface area (Å²) in [5.41, 5.74) is 13.9. The molecule has 0 amide bonds. The highest BCUT2D eigenvalue weighted by molar-refractivity contribution is 6.91. The summed E-state index contributed by atoms with van der Waals surface area (Å²) in [6.07, 6.45) is 0. The van der Waals surface area contributed by atoms with E-state index in [0.29, 0.717) is 33.2 Å². The second-order valence-corrected chi connectivity index (χ2v) is 23.2. The fraction of sp³-hybridized carbons (Fsp3) is 0.562. The minimum absolute atomic E-state index is 0.648. The smallest absolute Gasteiger partial charge is 0.125 e. The summed E-state index contributed by atoms with van der Waals surface area (Å²) in [6, 6.07) is 13.4. The Hall–Kier alpha value is -1.75. The summed E-state index contributed by atoms with van der Waals surface area (Å²) in [4.78, 5) is 0. The highest BCUT2D eigenvalue weighted by atomic mass is 28.3. The van der Waals surface area contributed by atoms with E-state index >= 15 is 0 Å². The van der Waals surface area contributed by atoms with Gasteiger partial charge in [-0.15, -0.1) is 11.1 Å². The topological polar surface area (TPSA) is 0 Å². The summed E-state index contributed by atoms with van der Waals surface area (Å²) in [6.45, 7) is 28.5. The van der Waals surface area contributed by atoms with E-state index in [9.17, 15) is 0 Å². The van der Waals surface area contributed by atoms with Gasteiger partial charge in [0.15, 0.2) is 0 Å². The number of hydrogen-bond acceptors (Lipinski definition) is 0. The van der Waals surface area contributed by atoms with Crippen molar-refractivity contribution < 1.29 is 0 Å². The molecule has 0 radical (unpaired) electrons. The first kappa shape index (κ1) is 28.5. The van der Waals surface area contributed by atoms with Crippen LogP contribution in [-0.4, -0.2) is 16.1 Å². The molecule has 0 saturated carbocycles. The summed E-state index contributed by atoms with van der Waals surface area (Å²) in [5, 5.41) is 2.51. The van der Waals surface area contributed by atoms with Crippen LogP contribution in [0.3, 0.4) is 0 Å². The second-order valence-electron chi connectivity index (χ2n) is 12.1. The Bertz CT molecular complexity index is 966. The summed E-state index contributed by atoms with van der Waals surface area (Å²) in [5.74, 6) is 7.25. The molecule has 34 heavy (non-hydrogen) atoms. The van der Waals surface area contributed by atoms with E-state index in [2.05, 4.69) is 142 Å². The van der Waals surface area contributed by atoms with Crippen molar-refractivity contribution >= 4 is 26.9 Å². The predicted octanol–water partition coefficient (Wildman–Crippen LogP) is 9.98. The van der Waals surface area contributed by atoms with Crippen LogP contribution >= 0.6 is 0 Å². The number of rotatable bonds is 6. The number of hydrogen-bond donors (Lipinski definition) is 0. The zero-order valence-electron chi connectivity index (χ0n) is 23.9. The molecule has 0 fully saturated rings. The van der Waals surface area contributed by atoms with Gasteiger partial charge in [0.1, 0.15) is 16.1 Å². The summed E-state index contributed by atoms with van der Waals surface area (Å²) in [7, 11) is -3.47. The highest BCUT2D eigenvalue weighted by Crippen LogP contribution is 2.41. The molecule has 184 valence electrons. The molecule has 2 aromatic carbocycles. The highest BCUT2D eigenvalue weighted by Gasteiger charge is 2.42. The van der Waals surface area contributed by atoms with Crippen LogP contribution in [0.15, 0.2) is 36.4 Å². The van der Waals surface area contributed by atoms with Crippen molar-refractivity contribution in [3.05, 3.63) is 47.5 Å². The minimum Gasteiger partial charge on any atom is -0.125 e. The molecule has 2 rings (SSSR count). The van der Waals surface area contributed by atoms with Gasteiger partial charge in [0, 0.05) is 11.1 Å². The van der Waals surface area contributed by atoms with Gasteiger partial charge >= 0.3 is 0 Å². The van der Waals surface area contributed by atoms with Gasteiger partial charge in [0.2, 0.25) is 0 Å². The van der Waals surface area contributed by atoms with E-state index in [1.54, 1.807) is 0 Å². The molecular formula is C32H48Si2. The molecule has 0 atom stereocenters. The van der Waals surface area contributed by atoms with Gasteiger partial charge in [-0.25, -0.2) is 0 Å². The SMILES string of the molecule is CC(C)[Si](C#Cc1ccc2ccc(C#C[Si](C(C)C)(C(C)C)C(C)C)cc2c1)(C(C)C)C(C)C. The van der Waals surface area contributed by atoms with Crippen molar-refractivity contribution in [1.29, 1.82) is 0 Å². The standard InChI is InChI=1S/C32H48Si2/c1-23(2)33(24(3)4,25(5)6)19-17-29-13-15-31-16-14-30(22-32(31)21-29)18-20-34(26(7)8,27(9)10)28(11)12/h13-16,21-28H,1-12H3. The zero-order valence-corrected chi connectivity index (χ0v) is 25.9. The lowest BCUT2D eigenvalue weighted by Gasteiger charge is -2.38. The van der Waals surface area contributed by atoms with Crippen LogP contribution in [0, 0.1) is 22.9 Å². The van der Waals surface area contributed by atoms with Gasteiger partial charge in [-0.3, -0.25) is 0 Å².